The standard InChI is InChI=1S/C18H15N3O3/c19-18(22)15-10-14(21-7-1-6-20-21)4-3-13(15)8-12-2-5-16-17(9-12)24-11-23-16/h1-7,9-10H,8,11H2,(H2,19,22). The number of benzene rings is 2. The van der Waals surface area contributed by atoms with Crippen LogP contribution in [-0.4, -0.2) is 22.5 Å². The first kappa shape index (κ1) is 14.3. The molecule has 2 N–H and O–H groups in total. The van der Waals surface area contributed by atoms with Gasteiger partial charge >= 0.3 is 0 Å². The molecule has 0 unspecified atom stereocenters. The summed E-state index contributed by atoms with van der Waals surface area (Å²) in [6.45, 7) is 0.240. The topological polar surface area (TPSA) is 79.4 Å². The third kappa shape index (κ3) is 2.58. The van der Waals surface area contributed by atoms with Crippen LogP contribution in [0.15, 0.2) is 54.9 Å². The number of carbonyl (C=O) groups is 1. The first-order valence-corrected chi connectivity index (χ1v) is 7.52. The summed E-state index contributed by atoms with van der Waals surface area (Å²) in [6, 6.07) is 13.2. The highest BCUT2D eigenvalue weighted by Crippen LogP contribution is 2.33. The van der Waals surface area contributed by atoms with Gasteiger partial charge in [0.1, 0.15) is 0 Å². The van der Waals surface area contributed by atoms with Gasteiger partial charge in [-0.25, -0.2) is 4.68 Å². The fraction of sp³-hybridized carbons (Fsp3) is 0.111. The number of fused-ring (bicyclic) bond motifs is 1. The number of hydrogen-bond acceptors (Lipinski definition) is 4. The molecule has 0 aliphatic carbocycles. The summed E-state index contributed by atoms with van der Waals surface area (Å²) in [5.74, 6) is 1.00. The maximum Gasteiger partial charge on any atom is 0.249 e. The van der Waals surface area contributed by atoms with Crippen LogP contribution in [0.2, 0.25) is 0 Å². The Labute approximate surface area is 138 Å². The number of hydrogen-bond donors (Lipinski definition) is 1. The van der Waals surface area contributed by atoms with Gasteiger partial charge in [0.25, 0.3) is 0 Å². The van der Waals surface area contributed by atoms with Crippen molar-refractivity contribution in [2.24, 2.45) is 5.73 Å². The largest absolute Gasteiger partial charge is 0.454 e. The fourth-order valence-electron chi connectivity index (χ4n) is 2.78. The van der Waals surface area contributed by atoms with Crippen molar-refractivity contribution in [1.29, 1.82) is 0 Å². The average molecular weight is 321 g/mol. The first-order chi connectivity index (χ1) is 11.7. The lowest BCUT2D eigenvalue weighted by atomic mass is 9.98. The Kier molecular flexibility index (Phi) is 3.42. The molecule has 1 amide bonds. The van der Waals surface area contributed by atoms with Crippen LogP contribution in [-0.2, 0) is 6.42 Å². The van der Waals surface area contributed by atoms with Crippen molar-refractivity contribution in [3.05, 3.63) is 71.5 Å². The molecular formula is C18H15N3O3. The summed E-state index contributed by atoms with van der Waals surface area (Å²) in [5, 5.41) is 4.17. The predicted octanol–water partition coefficient (Wildman–Crippen LogP) is 2.29. The molecule has 0 radical (unpaired) electrons. The van der Waals surface area contributed by atoms with E-state index in [-0.39, 0.29) is 6.79 Å². The highest BCUT2D eigenvalue weighted by atomic mass is 16.7. The van der Waals surface area contributed by atoms with E-state index >= 15 is 0 Å². The highest BCUT2D eigenvalue weighted by molar-refractivity contribution is 5.95. The van der Waals surface area contributed by atoms with Crippen LogP contribution in [0, 0.1) is 0 Å². The molecule has 0 atom stereocenters. The molecule has 24 heavy (non-hydrogen) atoms. The minimum absolute atomic E-state index is 0.240. The van der Waals surface area contributed by atoms with Gasteiger partial charge in [0.05, 0.1) is 5.69 Å². The van der Waals surface area contributed by atoms with Crippen molar-refractivity contribution < 1.29 is 14.3 Å². The third-order valence-electron chi connectivity index (χ3n) is 3.96. The van der Waals surface area contributed by atoms with E-state index in [1.54, 1.807) is 16.9 Å². The van der Waals surface area contributed by atoms with E-state index < -0.39 is 5.91 Å². The van der Waals surface area contributed by atoms with Crippen molar-refractivity contribution in [2.45, 2.75) is 6.42 Å². The molecule has 1 aliphatic rings. The van der Waals surface area contributed by atoms with Crippen molar-refractivity contribution in [1.82, 2.24) is 9.78 Å². The van der Waals surface area contributed by atoms with Gasteiger partial charge in [-0.3, -0.25) is 4.79 Å². The molecule has 0 fully saturated rings. The number of amides is 1. The van der Waals surface area contributed by atoms with Gasteiger partial charge in [-0.1, -0.05) is 12.1 Å². The second kappa shape index (κ2) is 5.73. The van der Waals surface area contributed by atoms with Crippen LogP contribution >= 0.6 is 0 Å². The Morgan fingerprint density at radius 2 is 2.04 bits per heavy atom. The molecule has 120 valence electrons. The van der Waals surface area contributed by atoms with Crippen LogP contribution < -0.4 is 15.2 Å². The van der Waals surface area contributed by atoms with Gasteiger partial charge in [-0.05, 0) is 47.9 Å². The minimum Gasteiger partial charge on any atom is -0.454 e. The van der Waals surface area contributed by atoms with E-state index in [2.05, 4.69) is 5.10 Å². The van der Waals surface area contributed by atoms with E-state index in [0.717, 1.165) is 28.3 Å². The fourth-order valence-corrected chi connectivity index (χ4v) is 2.78. The van der Waals surface area contributed by atoms with Gasteiger partial charge in [0.2, 0.25) is 12.7 Å². The number of rotatable bonds is 4. The minimum atomic E-state index is -0.459. The summed E-state index contributed by atoms with van der Waals surface area (Å²) >= 11 is 0. The number of carbonyl (C=O) groups excluding carboxylic acids is 1. The molecule has 0 bridgehead atoms. The molecule has 4 rings (SSSR count). The molecule has 0 saturated heterocycles. The van der Waals surface area contributed by atoms with E-state index in [1.165, 1.54) is 0 Å². The molecular weight excluding hydrogens is 306 g/mol. The smallest absolute Gasteiger partial charge is 0.249 e. The van der Waals surface area contributed by atoms with Crippen LogP contribution in [0.4, 0.5) is 0 Å². The summed E-state index contributed by atoms with van der Waals surface area (Å²) in [5.41, 5.74) is 8.73. The zero-order chi connectivity index (χ0) is 16.5. The molecule has 2 heterocycles. The van der Waals surface area contributed by atoms with Crippen LogP contribution in [0.25, 0.3) is 5.69 Å². The van der Waals surface area contributed by atoms with Crippen molar-refractivity contribution in [3.8, 4) is 17.2 Å². The summed E-state index contributed by atoms with van der Waals surface area (Å²) in [6.07, 6.45) is 4.08. The van der Waals surface area contributed by atoms with Crippen LogP contribution in [0.1, 0.15) is 21.5 Å². The maximum atomic E-state index is 11.9. The average Bonchev–Trinajstić information content (AvgIpc) is 3.26. The second-order valence-corrected chi connectivity index (χ2v) is 5.52. The zero-order valence-electron chi connectivity index (χ0n) is 12.8. The van der Waals surface area contributed by atoms with Crippen molar-refractivity contribution in [2.75, 3.05) is 6.79 Å². The highest BCUT2D eigenvalue weighted by Gasteiger charge is 2.15. The van der Waals surface area contributed by atoms with E-state index in [0.29, 0.717) is 12.0 Å². The Morgan fingerprint density at radius 1 is 1.17 bits per heavy atom. The van der Waals surface area contributed by atoms with E-state index in [9.17, 15) is 4.79 Å². The summed E-state index contributed by atoms with van der Waals surface area (Å²) in [7, 11) is 0. The first-order valence-electron chi connectivity index (χ1n) is 7.52. The van der Waals surface area contributed by atoms with Crippen LogP contribution in [0.5, 0.6) is 11.5 Å². The van der Waals surface area contributed by atoms with Gasteiger partial charge in [0, 0.05) is 18.0 Å². The molecule has 0 saturated carbocycles. The quantitative estimate of drug-likeness (QED) is 0.799. The molecule has 1 aromatic heterocycles. The lowest BCUT2D eigenvalue weighted by Gasteiger charge is -2.10. The maximum absolute atomic E-state index is 11.9. The number of aromatic nitrogens is 2. The number of nitrogens with two attached hydrogens (primary N) is 1. The predicted molar refractivity (Wildman–Crippen MR) is 87.5 cm³/mol. The Morgan fingerprint density at radius 3 is 2.83 bits per heavy atom. The van der Waals surface area contributed by atoms with Crippen molar-refractivity contribution >= 4 is 5.91 Å². The number of primary amides is 1. The SMILES string of the molecule is NC(=O)c1cc(-n2cccn2)ccc1Cc1ccc2c(c1)OCO2. The Bertz CT molecular complexity index is 904. The van der Waals surface area contributed by atoms with E-state index in [1.807, 2.05) is 42.6 Å². The lowest BCUT2D eigenvalue weighted by molar-refractivity contribution is 0.0999. The number of ether oxygens (including phenoxy) is 2. The molecule has 0 spiro atoms. The summed E-state index contributed by atoms with van der Waals surface area (Å²) < 4.78 is 12.4. The van der Waals surface area contributed by atoms with Gasteiger partial charge < -0.3 is 15.2 Å². The molecule has 6 nitrogen and oxygen atoms in total. The molecule has 1 aliphatic heterocycles. The van der Waals surface area contributed by atoms with Gasteiger partial charge in [-0.15, -0.1) is 0 Å². The molecule has 6 heteroatoms. The lowest BCUT2D eigenvalue weighted by Crippen LogP contribution is -2.15. The second-order valence-electron chi connectivity index (χ2n) is 5.52. The van der Waals surface area contributed by atoms with Gasteiger partial charge in [0.15, 0.2) is 11.5 Å². The monoisotopic (exact) mass is 321 g/mol. The zero-order valence-corrected chi connectivity index (χ0v) is 12.8. The van der Waals surface area contributed by atoms with Crippen LogP contribution in [0.3, 0.4) is 0 Å². The Balaban J connectivity index is 1.68. The summed E-state index contributed by atoms with van der Waals surface area (Å²) in [4.78, 5) is 11.9. The van der Waals surface area contributed by atoms with E-state index in [4.69, 9.17) is 15.2 Å². The normalized spacial score (nSPS) is 12.3. The molecule has 3 aromatic rings. The van der Waals surface area contributed by atoms with Crippen molar-refractivity contribution in [3.63, 3.8) is 0 Å². The third-order valence-corrected chi connectivity index (χ3v) is 3.96. The molecule has 2 aromatic carbocycles. The number of nitrogens with zero attached hydrogens (tertiary/aromatic N) is 2. The van der Waals surface area contributed by atoms with Gasteiger partial charge in [-0.2, -0.15) is 5.10 Å². The Hall–Kier alpha value is -3.28.